The third kappa shape index (κ3) is 3.46. The standard InChI is InChI=1S/C16H14BrN3O2/c1-11-2-4-12(5-3-11)9-20-10-13(8-18-20)19-16(21)14-6-7-15(17)22-14/h2-8,10H,9H2,1H3,(H,19,21). The maximum Gasteiger partial charge on any atom is 0.291 e. The Morgan fingerprint density at radius 2 is 2.05 bits per heavy atom. The minimum Gasteiger partial charge on any atom is -0.444 e. The second-order valence-electron chi connectivity index (χ2n) is 4.97. The summed E-state index contributed by atoms with van der Waals surface area (Å²) in [5.41, 5.74) is 3.01. The molecule has 3 aromatic rings. The van der Waals surface area contributed by atoms with Crippen LogP contribution in [-0.4, -0.2) is 15.7 Å². The van der Waals surface area contributed by atoms with Crippen LogP contribution in [0.25, 0.3) is 0 Å². The van der Waals surface area contributed by atoms with Gasteiger partial charge in [0, 0.05) is 6.20 Å². The molecule has 22 heavy (non-hydrogen) atoms. The molecule has 6 heteroatoms. The lowest BCUT2D eigenvalue weighted by Gasteiger charge is -2.02. The normalized spacial score (nSPS) is 10.6. The Labute approximate surface area is 136 Å². The zero-order valence-electron chi connectivity index (χ0n) is 11.9. The van der Waals surface area contributed by atoms with E-state index in [1.165, 1.54) is 5.56 Å². The first-order chi connectivity index (χ1) is 10.6. The van der Waals surface area contributed by atoms with Crippen molar-refractivity contribution in [1.29, 1.82) is 0 Å². The number of hydrogen-bond donors (Lipinski definition) is 1. The molecule has 3 rings (SSSR count). The van der Waals surface area contributed by atoms with Crippen LogP contribution in [0.4, 0.5) is 5.69 Å². The molecule has 1 N–H and O–H groups in total. The van der Waals surface area contributed by atoms with E-state index in [0.29, 0.717) is 16.9 Å². The van der Waals surface area contributed by atoms with Gasteiger partial charge >= 0.3 is 0 Å². The second-order valence-corrected chi connectivity index (χ2v) is 5.75. The molecule has 0 atom stereocenters. The van der Waals surface area contributed by atoms with E-state index in [4.69, 9.17) is 4.42 Å². The summed E-state index contributed by atoms with van der Waals surface area (Å²) in [6, 6.07) is 11.5. The van der Waals surface area contributed by atoms with Gasteiger partial charge < -0.3 is 9.73 Å². The number of furan rings is 1. The summed E-state index contributed by atoms with van der Waals surface area (Å²) in [4.78, 5) is 12.0. The molecule has 0 aliphatic rings. The van der Waals surface area contributed by atoms with Crippen LogP contribution < -0.4 is 5.32 Å². The molecule has 1 aromatic carbocycles. The summed E-state index contributed by atoms with van der Waals surface area (Å²) in [5, 5.41) is 7.00. The lowest BCUT2D eigenvalue weighted by Crippen LogP contribution is -2.10. The number of carbonyl (C=O) groups excluding carboxylic acids is 1. The Bertz CT molecular complexity index is 790. The first-order valence-electron chi connectivity index (χ1n) is 6.75. The highest BCUT2D eigenvalue weighted by Gasteiger charge is 2.11. The summed E-state index contributed by atoms with van der Waals surface area (Å²) in [6.07, 6.45) is 3.40. The fourth-order valence-electron chi connectivity index (χ4n) is 2.02. The van der Waals surface area contributed by atoms with Crippen LogP contribution in [0.5, 0.6) is 0 Å². The molecule has 0 aliphatic heterocycles. The Balaban J connectivity index is 1.66. The van der Waals surface area contributed by atoms with Crippen LogP contribution in [-0.2, 0) is 6.54 Å². The van der Waals surface area contributed by atoms with Crippen molar-refractivity contribution in [2.24, 2.45) is 0 Å². The molecule has 0 fully saturated rings. The SMILES string of the molecule is Cc1ccc(Cn2cc(NC(=O)c3ccc(Br)o3)cn2)cc1. The van der Waals surface area contributed by atoms with E-state index in [-0.39, 0.29) is 11.7 Å². The number of nitrogens with zero attached hydrogens (tertiary/aromatic N) is 2. The monoisotopic (exact) mass is 359 g/mol. The first kappa shape index (κ1) is 14.6. The predicted octanol–water partition coefficient (Wildman–Crippen LogP) is 3.85. The molecule has 0 saturated heterocycles. The topological polar surface area (TPSA) is 60.1 Å². The van der Waals surface area contributed by atoms with E-state index in [1.807, 2.05) is 0 Å². The van der Waals surface area contributed by atoms with Crippen molar-refractivity contribution in [3.05, 3.63) is 70.3 Å². The average molecular weight is 360 g/mol. The van der Waals surface area contributed by atoms with Crippen molar-refractivity contribution in [2.45, 2.75) is 13.5 Å². The van der Waals surface area contributed by atoms with Crippen molar-refractivity contribution >= 4 is 27.5 Å². The van der Waals surface area contributed by atoms with Crippen LogP contribution in [0, 0.1) is 6.92 Å². The van der Waals surface area contributed by atoms with E-state index in [0.717, 1.165) is 5.56 Å². The molecular formula is C16H14BrN3O2. The van der Waals surface area contributed by atoms with Gasteiger partial charge in [0.05, 0.1) is 18.4 Å². The van der Waals surface area contributed by atoms with Crippen molar-refractivity contribution < 1.29 is 9.21 Å². The van der Waals surface area contributed by atoms with E-state index in [1.54, 1.807) is 29.2 Å². The van der Waals surface area contributed by atoms with Crippen LogP contribution >= 0.6 is 15.9 Å². The zero-order valence-corrected chi connectivity index (χ0v) is 13.5. The first-order valence-corrected chi connectivity index (χ1v) is 7.54. The maximum atomic E-state index is 12.0. The number of halogens is 1. The number of anilines is 1. The molecule has 5 nitrogen and oxygen atoms in total. The van der Waals surface area contributed by atoms with Gasteiger partial charge in [0.25, 0.3) is 5.91 Å². The molecule has 0 saturated carbocycles. The van der Waals surface area contributed by atoms with Crippen LogP contribution in [0.15, 0.2) is 57.9 Å². The fraction of sp³-hybridized carbons (Fsp3) is 0.125. The van der Waals surface area contributed by atoms with E-state index < -0.39 is 0 Å². The smallest absolute Gasteiger partial charge is 0.291 e. The molecule has 0 spiro atoms. The van der Waals surface area contributed by atoms with Gasteiger partial charge in [0.1, 0.15) is 0 Å². The minimum absolute atomic E-state index is 0.248. The van der Waals surface area contributed by atoms with E-state index in [9.17, 15) is 4.79 Å². The van der Waals surface area contributed by atoms with Crippen LogP contribution in [0.2, 0.25) is 0 Å². The van der Waals surface area contributed by atoms with Gasteiger partial charge in [-0.25, -0.2) is 0 Å². The third-order valence-electron chi connectivity index (χ3n) is 3.15. The van der Waals surface area contributed by atoms with Gasteiger partial charge in [-0.05, 0) is 40.5 Å². The maximum absolute atomic E-state index is 12.0. The van der Waals surface area contributed by atoms with Gasteiger partial charge in [-0.2, -0.15) is 5.10 Å². The Kier molecular flexibility index (Phi) is 4.11. The largest absolute Gasteiger partial charge is 0.444 e. The van der Waals surface area contributed by atoms with Gasteiger partial charge in [-0.3, -0.25) is 9.48 Å². The number of nitrogens with one attached hydrogen (secondary N) is 1. The Hall–Kier alpha value is -2.34. The molecule has 0 radical (unpaired) electrons. The predicted molar refractivity (Wildman–Crippen MR) is 86.9 cm³/mol. The molecule has 112 valence electrons. The van der Waals surface area contributed by atoms with Crippen molar-refractivity contribution in [3.8, 4) is 0 Å². The summed E-state index contributed by atoms with van der Waals surface area (Å²) in [5.74, 6) is -0.0567. The molecular weight excluding hydrogens is 346 g/mol. The Morgan fingerprint density at radius 3 is 2.73 bits per heavy atom. The highest BCUT2D eigenvalue weighted by Crippen LogP contribution is 2.16. The number of rotatable bonds is 4. The number of hydrogen-bond acceptors (Lipinski definition) is 3. The summed E-state index contributed by atoms with van der Waals surface area (Å²) < 4.78 is 7.51. The molecule has 0 unspecified atom stereocenters. The molecule has 0 aliphatic carbocycles. The van der Waals surface area contributed by atoms with Gasteiger partial charge in [-0.1, -0.05) is 29.8 Å². The lowest BCUT2D eigenvalue weighted by molar-refractivity contribution is 0.0995. The number of aromatic nitrogens is 2. The number of amides is 1. The van der Waals surface area contributed by atoms with Crippen molar-refractivity contribution in [2.75, 3.05) is 5.32 Å². The fourth-order valence-corrected chi connectivity index (χ4v) is 2.33. The van der Waals surface area contributed by atoms with Crippen molar-refractivity contribution in [3.63, 3.8) is 0 Å². The van der Waals surface area contributed by atoms with Crippen LogP contribution in [0.3, 0.4) is 0 Å². The molecule has 0 bridgehead atoms. The summed E-state index contributed by atoms with van der Waals surface area (Å²) in [6.45, 7) is 2.71. The highest BCUT2D eigenvalue weighted by molar-refractivity contribution is 9.10. The molecule has 1 amide bonds. The van der Waals surface area contributed by atoms with Gasteiger partial charge in [0.15, 0.2) is 10.4 Å². The van der Waals surface area contributed by atoms with Gasteiger partial charge in [-0.15, -0.1) is 0 Å². The highest BCUT2D eigenvalue weighted by atomic mass is 79.9. The molecule has 2 aromatic heterocycles. The van der Waals surface area contributed by atoms with Crippen LogP contribution in [0.1, 0.15) is 21.7 Å². The Morgan fingerprint density at radius 1 is 1.27 bits per heavy atom. The quantitative estimate of drug-likeness (QED) is 0.769. The number of carbonyl (C=O) groups is 1. The lowest BCUT2D eigenvalue weighted by atomic mass is 10.1. The number of benzene rings is 1. The summed E-state index contributed by atoms with van der Waals surface area (Å²) in [7, 11) is 0. The minimum atomic E-state index is -0.305. The second kappa shape index (κ2) is 6.19. The van der Waals surface area contributed by atoms with E-state index in [2.05, 4.69) is 57.5 Å². The average Bonchev–Trinajstić information content (AvgIpc) is 3.11. The van der Waals surface area contributed by atoms with Crippen molar-refractivity contribution in [1.82, 2.24) is 9.78 Å². The third-order valence-corrected chi connectivity index (χ3v) is 3.58. The number of aryl methyl sites for hydroxylation is 1. The molecule has 2 heterocycles. The zero-order chi connectivity index (χ0) is 15.5. The summed E-state index contributed by atoms with van der Waals surface area (Å²) >= 11 is 3.17. The van der Waals surface area contributed by atoms with E-state index >= 15 is 0 Å². The van der Waals surface area contributed by atoms with Gasteiger partial charge in [0.2, 0.25) is 0 Å².